The van der Waals surface area contributed by atoms with Crippen LogP contribution < -0.4 is 5.32 Å². The minimum Gasteiger partial charge on any atom is -0.345 e. The van der Waals surface area contributed by atoms with Gasteiger partial charge in [-0.15, -0.1) is 0 Å². The highest BCUT2D eigenvalue weighted by Crippen LogP contribution is 2.10. The average Bonchev–Trinajstić information content (AvgIpc) is 2.37. The van der Waals surface area contributed by atoms with Crippen LogP contribution in [0.5, 0.6) is 0 Å². The predicted octanol–water partition coefficient (Wildman–Crippen LogP) is 2.34. The summed E-state index contributed by atoms with van der Waals surface area (Å²) < 4.78 is 0. The van der Waals surface area contributed by atoms with Crippen molar-refractivity contribution in [1.29, 1.82) is 0 Å². The van der Waals surface area contributed by atoms with Gasteiger partial charge in [0.25, 0.3) is 0 Å². The number of hydrogen-bond donors (Lipinski definition) is 1. The standard InChI is InChI=1S/C14H21ClN2O/c1-4-17(3)14(18)10-16-11(2)9-12-5-7-13(15)8-6-12/h5-8,11,16H,4,9-10H2,1-3H3. The molecule has 0 fully saturated rings. The molecule has 3 nitrogen and oxygen atoms in total. The van der Waals surface area contributed by atoms with Crippen LogP contribution in [0.2, 0.25) is 5.02 Å². The molecule has 0 bridgehead atoms. The van der Waals surface area contributed by atoms with Gasteiger partial charge < -0.3 is 10.2 Å². The third kappa shape index (κ3) is 5.07. The Bertz CT molecular complexity index is 378. The predicted molar refractivity (Wildman–Crippen MR) is 75.9 cm³/mol. The number of hydrogen-bond acceptors (Lipinski definition) is 2. The maximum atomic E-state index is 11.6. The van der Waals surface area contributed by atoms with E-state index in [4.69, 9.17) is 11.6 Å². The van der Waals surface area contributed by atoms with Crippen molar-refractivity contribution in [2.24, 2.45) is 0 Å². The second kappa shape index (κ2) is 7.39. The Morgan fingerprint density at radius 1 is 1.39 bits per heavy atom. The smallest absolute Gasteiger partial charge is 0.236 e. The highest BCUT2D eigenvalue weighted by molar-refractivity contribution is 6.30. The minimum atomic E-state index is 0.125. The molecule has 0 radical (unpaired) electrons. The van der Waals surface area contributed by atoms with Crippen LogP contribution in [0.1, 0.15) is 19.4 Å². The summed E-state index contributed by atoms with van der Waals surface area (Å²) in [7, 11) is 1.81. The van der Waals surface area contributed by atoms with Gasteiger partial charge >= 0.3 is 0 Å². The zero-order valence-electron chi connectivity index (χ0n) is 11.2. The number of carbonyl (C=O) groups excluding carboxylic acids is 1. The topological polar surface area (TPSA) is 32.3 Å². The van der Waals surface area contributed by atoms with Crippen LogP contribution >= 0.6 is 11.6 Å². The van der Waals surface area contributed by atoms with Crippen LogP contribution in [-0.2, 0) is 11.2 Å². The van der Waals surface area contributed by atoms with Crippen molar-refractivity contribution in [1.82, 2.24) is 10.2 Å². The molecule has 0 aliphatic heterocycles. The number of halogens is 1. The van der Waals surface area contributed by atoms with Gasteiger partial charge in [-0.25, -0.2) is 0 Å². The molecule has 1 amide bonds. The summed E-state index contributed by atoms with van der Waals surface area (Å²) in [6.07, 6.45) is 0.889. The van der Waals surface area contributed by atoms with Gasteiger partial charge in [-0.05, 0) is 38.0 Å². The molecule has 0 saturated carbocycles. The van der Waals surface area contributed by atoms with Gasteiger partial charge in [-0.1, -0.05) is 23.7 Å². The number of carbonyl (C=O) groups is 1. The van der Waals surface area contributed by atoms with Crippen LogP contribution in [0.3, 0.4) is 0 Å². The van der Waals surface area contributed by atoms with E-state index in [1.807, 2.05) is 38.2 Å². The molecule has 1 aromatic carbocycles. The first-order valence-electron chi connectivity index (χ1n) is 6.24. The van der Waals surface area contributed by atoms with E-state index in [9.17, 15) is 4.79 Å². The Morgan fingerprint density at radius 3 is 2.56 bits per heavy atom. The van der Waals surface area contributed by atoms with E-state index in [1.165, 1.54) is 5.56 Å². The van der Waals surface area contributed by atoms with Crippen molar-refractivity contribution in [3.63, 3.8) is 0 Å². The zero-order chi connectivity index (χ0) is 13.5. The van der Waals surface area contributed by atoms with Gasteiger partial charge in [0, 0.05) is 24.7 Å². The van der Waals surface area contributed by atoms with E-state index >= 15 is 0 Å². The van der Waals surface area contributed by atoms with Gasteiger partial charge in [0.05, 0.1) is 6.54 Å². The van der Waals surface area contributed by atoms with E-state index in [-0.39, 0.29) is 11.9 Å². The molecule has 18 heavy (non-hydrogen) atoms. The SMILES string of the molecule is CCN(C)C(=O)CNC(C)Cc1ccc(Cl)cc1. The first-order valence-corrected chi connectivity index (χ1v) is 6.62. The van der Waals surface area contributed by atoms with Gasteiger partial charge in [0.1, 0.15) is 0 Å². The number of amides is 1. The molecule has 1 N–H and O–H groups in total. The molecule has 0 heterocycles. The fourth-order valence-electron chi connectivity index (χ4n) is 1.62. The van der Waals surface area contributed by atoms with Gasteiger partial charge in [0.2, 0.25) is 5.91 Å². The maximum absolute atomic E-state index is 11.6. The molecular weight excluding hydrogens is 248 g/mol. The third-order valence-electron chi connectivity index (χ3n) is 2.96. The number of rotatable bonds is 6. The van der Waals surface area contributed by atoms with Gasteiger partial charge in [-0.3, -0.25) is 4.79 Å². The molecule has 100 valence electrons. The molecule has 0 spiro atoms. The Morgan fingerprint density at radius 2 is 2.00 bits per heavy atom. The molecule has 1 atom stereocenters. The first-order chi connectivity index (χ1) is 8.52. The molecule has 0 aliphatic rings. The number of nitrogens with zero attached hydrogens (tertiary/aromatic N) is 1. The lowest BCUT2D eigenvalue weighted by atomic mass is 10.1. The molecule has 1 unspecified atom stereocenters. The van der Waals surface area contributed by atoms with Crippen molar-refractivity contribution in [2.45, 2.75) is 26.3 Å². The second-order valence-electron chi connectivity index (χ2n) is 4.52. The molecular formula is C14H21ClN2O. The molecule has 0 aliphatic carbocycles. The number of nitrogens with one attached hydrogen (secondary N) is 1. The number of benzene rings is 1. The minimum absolute atomic E-state index is 0.125. The summed E-state index contributed by atoms with van der Waals surface area (Å²) in [5, 5.41) is 3.99. The summed E-state index contributed by atoms with van der Waals surface area (Å²) in [6, 6.07) is 8.07. The summed E-state index contributed by atoms with van der Waals surface area (Å²) in [5.41, 5.74) is 1.22. The van der Waals surface area contributed by atoms with E-state index < -0.39 is 0 Å². The van der Waals surface area contributed by atoms with Crippen molar-refractivity contribution in [2.75, 3.05) is 20.1 Å². The van der Waals surface area contributed by atoms with Crippen LogP contribution in [0.15, 0.2) is 24.3 Å². The number of likely N-dealkylation sites (N-methyl/N-ethyl adjacent to an activating group) is 1. The van der Waals surface area contributed by atoms with E-state index in [0.717, 1.165) is 18.0 Å². The quantitative estimate of drug-likeness (QED) is 0.859. The lowest BCUT2D eigenvalue weighted by molar-refractivity contribution is -0.128. The van der Waals surface area contributed by atoms with Crippen molar-refractivity contribution >= 4 is 17.5 Å². The van der Waals surface area contributed by atoms with Crippen LogP contribution in [-0.4, -0.2) is 37.0 Å². The van der Waals surface area contributed by atoms with Crippen molar-refractivity contribution in [3.05, 3.63) is 34.9 Å². The largest absolute Gasteiger partial charge is 0.345 e. The molecule has 4 heteroatoms. The van der Waals surface area contributed by atoms with Gasteiger partial charge in [-0.2, -0.15) is 0 Å². The van der Waals surface area contributed by atoms with Crippen molar-refractivity contribution in [3.8, 4) is 0 Å². The third-order valence-corrected chi connectivity index (χ3v) is 3.21. The molecule has 1 aromatic rings. The van der Waals surface area contributed by atoms with Crippen LogP contribution in [0.4, 0.5) is 0 Å². The fraction of sp³-hybridized carbons (Fsp3) is 0.500. The van der Waals surface area contributed by atoms with Crippen LogP contribution in [0.25, 0.3) is 0 Å². The summed E-state index contributed by atoms with van der Waals surface area (Å²) in [4.78, 5) is 13.3. The van der Waals surface area contributed by atoms with Crippen LogP contribution in [0, 0.1) is 0 Å². The summed E-state index contributed by atoms with van der Waals surface area (Å²) in [5.74, 6) is 0.125. The lowest BCUT2D eigenvalue weighted by Crippen LogP contribution is -2.39. The maximum Gasteiger partial charge on any atom is 0.236 e. The fourth-order valence-corrected chi connectivity index (χ4v) is 1.75. The Balaban J connectivity index is 2.35. The lowest BCUT2D eigenvalue weighted by Gasteiger charge is -2.18. The summed E-state index contributed by atoms with van der Waals surface area (Å²) in [6.45, 7) is 5.17. The first kappa shape index (κ1) is 15.0. The highest BCUT2D eigenvalue weighted by Gasteiger charge is 2.09. The monoisotopic (exact) mass is 268 g/mol. The Labute approximate surface area is 114 Å². The summed E-state index contributed by atoms with van der Waals surface area (Å²) >= 11 is 5.84. The van der Waals surface area contributed by atoms with Gasteiger partial charge in [0.15, 0.2) is 0 Å². The molecule has 1 rings (SSSR count). The molecule has 0 aromatic heterocycles. The molecule has 0 saturated heterocycles. The second-order valence-corrected chi connectivity index (χ2v) is 4.96. The van der Waals surface area contributed by atoms with E-state index in [0.29, 0.717) is 6.54 Å². The zero-order valence-corrected chi connectivity index (χ0v) is 12.0. The Hall–Kier alpha value is -1.06. The Kier molecular flexibility index (Phi) is 6.16. The van der Waals surface area contributed by atoms with E-state index in [2.05, 4.69) is 12.2 Å². The average molecular weight is 269 g/mol. The highest BCUT2D eigenvalue weighted by atomic mass is 35.5. The van der Waals surface area contributed by atoms with E-state index in [1.54, 1.807) is 4.90 Å². The normalized spacial score (nSPS) is 12.2. The van der Waals surface area contributed by atoms with Crippen molar-refractivity contribution < 1.29 is 4.79 Å².